The summed E-state index contributed by atoms with van der Waals surface area (Å²) in [5, 5.41) is 18.3. The SMILES string of the molecule is OCc1ccc(CN2CCCC(O)C2)o1. The van der Waals surface area contributed by atoms with E-state index in [1.807, 2.05) is 6.07 Å². The quantitative estimate of drug-likeness (QED) is 0.774. The van der Waals surface area contributed by atoms with Crippen LogP contribution in [0.3, 0.4) is 0 Å². The molecule has 0 radical (unpaired) electrons. The van der Waals surface area contributed by atoms with Crippen LogP contribution in [0.5, 0.6) is 0 Å². The minimum atomic E-state index is -0.203. The molecular formula is C11H17NO3. The van der Waals surface area contributed by atoms with Gasteiger partial charge in [-0.1, -0.05) is 0 Å². The predicted molar refractivity (Wildman–Crippen MR) is 55.1 cm³/mol. The number of β-amino-alcohol motifs (C(OH)–C–C–N with tert-alkyl or cyclic N) is 1. The van der Waals surface area contributed by atoms with Gasteiger partial charge < -0.3 is 14.6 Å². The molecule has 4 heteroatoms. The molecule has 2 N–H and O–H groups in total. The highest BCUT2D eigenvalue weighted by Gasteiger charge is 2.18. The predicted octanol–water partition coefficient (Wildman–Crippen LogP) is 0.729. The van der Waals surface area contributed by atoms with Crippen molar-refractivity contribution in [2.24, 2.45) is 0 Å². The molecule has 1 aromatic heterocycles. The first-order valence-electron chi connectivity index (χ1n) is 5.37. The van der Waals surface area contributed by atoms with E-state index in [0.717, 1.165) is 38.2 Å². The van der Waals surface area contributed by atoms with Crippen LogP contribution in [0.1, 0.15) is 24.4 Å². The van der Waals surface area contributed by atoms with Crippen molar-refractivity contribution >= 4 is 0 Å². The van der Waals surface area contributed by atoms with Crippen LogP contribution in [0.2, 0.25) is 0 Å². The lowest BCUT2D eigenvalue weighted by Gasteiger charge is -2.29. The topological polar surface area (TPSA) is 56.8 Å². The van der Waals surface area contributed by atoms with Gasteiger partial charge in [0.15, 0.2) is 0 Å². The zero-order chi connectivity index (χ0) is 10.7. The molecular weight excluding hydrogens is 194 g/mol. The van der Waals surface area contributed by atoms with E-state index in [4.69, 9.17) is 9.52 Å². The lowest BCUT2D eigenvalue weighted by molar-refractivity contribution is 0.0628. The Labute approximate surface area is 89.1 Å². The third-order valence-electron chi connectivity index (χ3n) is 2.73. The van der Waals surface area contributed by atoms with E-state index in [0.29, 0.717) is 5.76 Å². The minimum absolute atomic E-state index is 0.0530. The first-order chi connectivity index (χ1) is 7.28. The Morgan fingerprint density at radius 3 is 2.87 bits per heavy atom. The zero-order valence-corrected chi connectivity index (χ0v) is 8.72. The van der Waals surface area contributed by atoms with Crippen LogP contribution in [0.4, 0.5) is 0 Å². The molecule has 1 aliphatic rings. The average molecular weight is 211 g/mol. The largest absolute Gasteiger partial charge is 0.462 e. The van der Waals surface area contributed by atoms with Crippen molar-refractivity contribution in [3.8, 4) is 0 Å². The normalized spacial score (nSPS) is 23.2. The van der Waals surface area contributed by atoms with E-state index < -0.39 is 0 Å². The Morgan fingerprint density at radius 1 is 1.40 bits per heavy atom. The molecule has 1 fully saturated rings. The van der Waals surface area contributed by atoms with Gasteiger partial charge >= 0.3 is 0 Å². The number of hydrogen-bond acceptors (Lipinski definition) is 4. The molecule has 1 saturated heterocycles. The number of aliphatic hydroxyl groups is 2. The third-order valence-corrected chi connectivity index (χ3v) is 2.73. The third kappa shape index (κ3) is 2.81. The fraction of sp³-hybridized carbons (Fsp3) is 0.636. The number of furan rings is 1. The summed E-state index contributed by atoms with van der Waals surface area (Å²) in [5.74, 6) is 1.45. The number of piperidine rings is 1. The van der Waals surface area contributed by atoms with Crippen LogP contribution >= 0.6 is 0 Å². The fourth-order valence-electron chi connectivity index (χ4n) is 1.99. The first kappa shape index (κ1) is 10.7. The summed E-state index contributed by atoms with van der Waals surface area (Å²) < 4.78 is 5.40. The van der Waals surface area contributed by atoms with Crippen LogP contribution in [-0.2, 0) is 13.2 Å². The molecule has 0 saturated carbocycles. The second-order valence-corrected chi connectivity index (χ2v) is 4.06. The minimum Gasteiger partial charge on any atom is -0.462 e. The van der Waals surface area contributed by atoms with Crippen molar-refractivity contribution in [1.82, 2.24) is 4.90 Å². The van der Waals surface area contributed by atoms with Crippen LogP contribution in [0.25, 0.3) is 0 Å². The second kappa shape index (κ2) is 4.79. The van der Waals surface area contributed by atoms with E-state index in [1.165, 1.54) is 0 Å². The molecule has 0 amide bonds. The maximum Gasteiger partial charge on any atom is 0.129 e. The molecule has 1 unspecified atom stereocenters. The molecule has 4 nitrogen and oxygen atoms in total. The number of rotatable bonds is 3. The summed E-state index contributed by atoms with van der Waals surface area (Å²) in [5.41, 5.74) is 0. The number of likely N-dealkylation sites (tertiary alicyclic amines) is 1. The van der Waals surface area contributed by atoms with Crippen molar-refractivity contribution in [1.29, 1.82) is 0 Å². The molecule has 15 heavy (non-hydrogen) atoms. The molecule has 1 atom stereocenters. The van der Waals surface area contributed by atoms with Crippen molar-refractivity contribution in [3.63, 3.8) is 0 Å². The Bertz CT molecular complexity index is 311. The highest BCUT2D eigenvalue weighted by Crippen LogP contribution is 2.15. The number of hydrogen-bond donors (Lipinski definition) is 2. The maximum atomic E-state index is 9.50. The summed E-state index contributed by atoms with van der Waals surface area (Å²) in [6.45, 7) is 2.39. The maximum absolute atomic E-state index is 9.50. The first-order valence-corrected chi connectivity index (χ1v) is 5.37. The highest BCUT2D eigenvalue weighted by atomic mass is 16.4. The number of aliphatic hydroxyl groups excluding tert-OH is 2. The Kier molecular flexibility index (Phi) is 3.41. The highest BCUT2D eigenvalue weighted by molar-refractivity contribution is 5.06. The molecule has 1 aliphatic heterocycles. The molecule has 0 bridgehead atoms. The van der Waals surface area contributed by atoms with Gasteiger partial charge in [-0.25, -0.2) is 0 Å². The van der Waals surface area contributed by atoms with Crippen LogP contribution in [0.15, 0.2) is 16.5 Å². The smallest absolute Gasteiger partial charge is 0.129 e. The lowest BCUT2D eigenvalue weighted by atomic mass is 10.1. The summed E-state index contributed by atoms with van der Waals surface area (Å²) in [4.78, 5) is 2.17. The molecule has 1 aromatic rings. The summed E-state index contributed by atoms with van der Waals surface area (Å²) in [7, 11) is 0. The second-order valence-electron chi connectivity index (χ2n) is 4.06. The van der Waals surface area contributed by atoms with Gasteiger partial charge in [-0.2, -0.15) is 0 Å². The summed E-state index contributed by atoms with van der Waals surface area (Å²) in [6.07, 6.45) is 1.73. The summed E-state index contributed by atoms with van der Waals surface area (Å²) >= 11 is 0. The van der Waals surface area contributed by atoms with Gasteiger partial charge in [0.2, 0.25) is 0 Å². The zero-order valence-electron chi connectivity index (χ0n) is 8.72. The van der Waals surface area contributed by atoms with Gasteiger partial charge in [-0.3, -0.25) is 4.90 Å². The van der Waals surface area contributed by atoms with Gasteiger partial charge in [-0.05, 0) is 31.5 Å². The van der Waals surface area contributed by atoms with Crippen molar-refractivity contribution in [3.05, 3.63) is 23.7 Å². The van der Waals surface area contributed by atoms with Crippen molar-refractivity contribution in [2.75, 3.05) is 13.1 Å². The molecule has 0 aromatic carbocycles. The van der Waals surface area contributed by atoms with Crippen LogP contribution in [0, 0.1) is 0 Å². The van der Waals surface area contributed by atoms with Crippen LogP contribution < -0.4 is 0 Å². The van der Waals surface area contributed by atoms with E-state index >= 15 is 0 Å². The molecule has 2 rings (SSSR count). The van der Waals surface area contributed by atoms with Crippen LogP contribution in [-0.4, -0.2) is 34.3 Å². The van der Waals surface area contributed by atoms with Gasteiger partial charge in [0.25, 0.3) is 0 Å². The standard InChI is InChI=1S/C11H17NO3/c13-8-11-4-3-10(15-11)7-12-5-1-2-9(14)6-12/h3-4,9,13-14H,1-2,5-8H2. The Hall–Kier alpha value is -0.840. The molecule has 0 spiro atoms. The van der Waals surface area contributed by atoms with Crippen molar-refractivity contribution < 1.29 is 14.6 Å². The average Bonchev–Trinajstić information content (AvgIpc) is 2.65. The summed E-state index contributed by atoms with van der Waals surface area (Å²) in [6, 6.07) is 3.67. The lowest BCUT2D eigenvalue weighted by Crippen LogP contribution is -2.37. The van der Waals surface area contributed by atoms with Gasteiger partial charge in [0.1, 0.15) is 18.1 Å². The van der Waals surface area contributed by atoms with Gasteiger partial charge in [0.05, 0.1) is 12.6 Å². The van der Waals surface area contributed by atoms with Gasteiger partial charge in [-0.15, -0.1) is 0 Å². The van der Waals surface area contributed by atoms with E-state index in [9.17, 15) is 5.11 Å². The molecule has 0 aliphatic carbocycles. The van der Waals surface area contributed by atoms with Gasteiger partial charge in [0, 0.05) is 6.54 Å². The fourth-order valence-corrected chi connectivity index (χ4v) is 1.99. The van der Waals surface area contributed by atoms with E-state index in [1.54, 1.807) is 6.07 Å². The van der Waals surface area contributed by atoms with E-state index in [-0.39, 0.29) is 12.7 Å². The van der Waals surface area contributed by atoms with Crippen molar-refractivity contribution in [2.45, 2.75) is 32.1 Å². The Balaban J connectivity index is 1.90. The molecule has 84 valence electrons. The van der Waals surface area contributed by atoms with E-state index in [2.05, 4.69) is 4.90 Å². The monoisotopic (exact) mass is 211 g/mol. The Morgan fingerprint density at radius 2 is 2.20 bits per heavy atom. The number of nitrogens with zero attached hydrogens (tertiary/aromatic N) is 1. The molecule has 2 heterocycles.